The molecule has 0 aliphatic carbocycles. The molecule has 142 valence electrons. The number of rotatable bonds is 10. The van der Waals surface area contributed by atoms with Crippen LogP contribution in [-0.4, -0.2) is 17.8 Å². The van der Waals surface area contributed by atoms with E-state index in [1.54, 1.807) is 0 Å². The van der Waals surface area contributed by atoms with Crippen molar-refractivity contribution in [1.82, 2.24) is 0 Å². The lowest BCUT2D eigenvalue weighted by atomic mass is 10.0. The van der Waals surface area contributed by atoms with Crippen molar-refractivity contribution in [2.45, 2.75) is 32.5 Å². The van der Waals surface area contributed by atoms with Crippen molar-refractivity contribution in [3.63, 3.8) is 0 Å². The highest BCUT2D eigenvalue weighted by atomic mass is 16.6. The van der Waals surface area contributed by atoms with E-state index in [0.717, 1.165) is 11.1 Å². The van der Waals surface area contributed by atoms with E-state index >= 15 is 0 Å². The lowest BCUT2D eigenvalue weighted by molar-refractivity contribution is -0.164. The van der Waals surface area contributed by atoms with Crippen LogP contribution in [-0.2, 0) is 37.1 Å². The predicted octanol–water partition coefficient (Wildman–Crippen LogP) is 2.75. The van der Waals surface area contributed by atoms with Gasteiger partial charge in [-0.05, 0) is 24.0 Å². The molecule has 27 heavy (non-hydrogen) atoms. The Morgan fingerprint density at radius 1 is 0.778 bits per heavy atom. The third-order valence-corrected chi connectivity index (χ3v) is 3.93. The molecule has 0 heterocycles. The highest BCUT2D eigenvalue weighted by Gasteiger charge is 2.29. The molecule has 0 radical (unpaired) electrons. The first-order chi connectivity index (χ1) is 13.1. The quantitative estimate of drug-likeness (QED) is 0.513. The molecule has 2 aromatic rings. The predicted molar refractivity (Wildman–Crippen MR) is 99.0 cm³/mol. The number of hydrogen-bond donors (Lipinski definition) is 1. The van der Waals surface area contributed by atoms with E-state index in [0.29, 0.717) is 6.42 Å². The van der Waals surface area contributed by atoms with Crippen molar-refractivity contribution in [2.75, 3.05) is 0 Å². The molecule has 0 aromatic heterocycles. The van der Waals surface area contributed by atoms with E-state index in [1.165, 1.54) is 0 Å². The van der Waals surface area contributed by atoms with Crippen molar-refractivity contribution < 1.29 is 23.9 Å². The minimum atomic E-state index is -1.09. The topological polar surface area (TPSA) is 95.7 Å². The minimum absolute atomic E-state index is 0.0674. The number of ether oxygens (including phenoxy) is 2. The molecule has 0 unspecified atom stereocenters. The van der Waals surface area contributed by atoms with Crippen molar-refractivity contribution in [2.24, 2.45) is 11.7 Å². The summed E-state index contributed by atoms with van der Waals surface area (Å²) in [6.45, 7) is 0.135. The van der Waals surface area contributed by atoms with Crippen LogP contribution in [0.4, 0.5) is 0 Å². The average molecular weight is 369 g/mol. The molecular formula is C21H23NO5. The van der Waals surface area contributed by atoms with Gasteiger partial charge in [0.1, 0.15) is 13.2 Å². The van der Waals surface area contributed by atoms with Crippen LogP contribution in [0.25, 0.3) is 0 Å². The van der Waals surface area contributed by atoms with Gasteiger partial charge >= 0.3 is 11.9 Å². The van der Waals surface area contributed by atoms with Crippen LogP contribution >= 0.6 is 0 Å². The maximum atomic E-state index is 12.4. The fraction of sp³-hybridized carbons (Fsp3) is 0.286. The van der Waals surface area contributed by atoms with Crippen LogP contribution < -0.4 is 5.73 Å². The van der Waals surface area contributed by atoms with Gasteiger partial charge in [-0.2, -0.15) is 0 Å². The van der Waals surface area contributed by atoms with Gasteiger partial charge in [0.25, 0.3) is 0 Å². The van der Waals surface area contributed by atoms with Crippen LogP contribution in [0.3, 0.4) is 0 Å². The fourth-order valence-electron chi connectivity index (χ4n) is 2.47. The second kappa shape index (κ2) is 10.8. The summed E-state index contributed by atoms with van der Waals surface area (Å²) in [4.78, 5) is 35.7. The third kappa shape index (κ3) is 7.32. The van der Waals surface area contributed by atoms with E-state index < -0.39 is 23.8 Å². The van der Waals surface area contributed by atoms with E-state index in [9.17, 15) is 14.4 Å². The van der Waals surface area contributed by atoms with Gasteiger partial charge in [0, 0.05) is 6.42 Å². The minimum Gasteiger partial charge on any atom is -0.460 e. The highest BCUT2D eigenvalue weighted by Crippen LogP contribution is 2.16. The fourth-order valence-corrected chi connectivity index (χ4v) is 2.47. The van der Waals surface area contributed by atoms with Gasteiger partial charge in [0.2, 0.25) is 5.91 Å². The van der Waals surface area contributed by atoms with Crippen LogP contribution in [0.2, 0.25) is 0 Å². The Hall–Kier alpha value is -3.15. The first-order valence-corrected chi connectivity index (χ1v) is 8.75. The molecule has 0 bridgehead atoms. The third-order valence-electron chi connectivity index (χ3n) is 3.93. The van der Waals surface area contributed by atoms with Gasteiger partial charge in [-0.25, -0.2) is 0 Å². The lowest BCUT2D eigenvalue weighted by Crippen LogP contribution is -2.28. The number of primary amides is 1. The average Bonchev–Trinajstić information content (AvgIpc) is 2.69. The molecule has 1 amide bonds. The second-order valence-corrected chi connectivity index (χ2v) is 6.10. The molecule has 2 rings (SSSR count). The molecule has 2 aromatic carbocycles. The van der Waals surface area contributed by atoms with Gasteiger partial charge in [0.05, 0.1) is 0 Å². The summed E-state index contributed by atoms with van der Waals surface area (Å²) in [7, 11) is 0. The molecule has 0 atom stereocenters. The Morgan fingerprint density at radius 2 is 1.22 bits per heavy atom. The zero-order chi connectivity index (χ0) is 19.5. The van der Waals surface area contributed by atoms with Gasteiger partial charge in [0.15, 0.2) is 5.92 Å². The molecule has 0 saturated heterocycles. The first-order valence-electron chi connectivity index (χ1n) is 8.75. The first kappa shape index (κ1) is 20.2. The van der Waals surface area contributed by atoms with Crippen LogP contribution in [0.15, 0.2) is 60.7 Å². The second-order valence-electron chi connectivity index (χ2n) is 6.10. The number of carbonyl (C=O) groups excluding carboxylic acids is 3. The molecule has 0 aliphatic rings. The van der Waals surface area contributed by atoms with Gasteiger partial charge in [-0.3, -0.25) is 14.4 Å². The Balaban J connectivity index is 1.94. The molecule has 2 N–H and O–H groups in total. The number of esters is 2. The largest absolute Gasteiger partial charge is 0.460 e. The number of hydrogen-bond acceptors (Lipinski definition) is 5. The normalized spacial score (nSPS) is 10.4. The van der Waals surface area contributed by atoms with E-state index in [-0.39, 0.29) is 26.1 Å². The molecule has 6 nitrogen and oxygen atoms in total. The monoisotopic (exact) mass is 369 g/mol. The molecular weight excluding hydrogens is 346 g/mol. The Bertz CT molecular complexity index is 690. The highest BCUT2D eigenvalue weighted by molar-refractivity contribution is 5.94. The van der Waals surface area contributed by atoms with Gasteiger partial charge < -0.3 is 15.2 Å². The lowest BCUT2D eigenvalue weighted by Gasteiger charge is -2.15. The van der Waals surface area contributed by atoms with Crippen molar-refractivity contribution in [3.8, 4) is 0 Å². The smallest absolute Gasteiger partial charge is 0.320 e. The van der Waals surface area contributed by atoms with Crippen molar-refractivity contribution >= 4 is 17.8 Å². The van der Waals surface area contributed by atoms with E-state index in [4.69, 9.17) is 15.2 Å². The van der Waals surface area contributed by atoms with Crippen molar-refractivity contribution in [3.05, 3.63) is 71.8 Å². The summed E-state index contributed by atoms with van der Waals surface area (Å²) in [5, 5.41) is 0. The van der Waals surface area contributed by atoms with Gasteiger partial charge in [-0.15, -0.1) is 0 Å². The van der Waals surface area contributed by atoms with E-state index in [1.807, 2.05) is 60.7 Å². The van der Waals surface area contributed by atoms with E-state index in [2.05, 4.69) is 0 Å². The zero-order valence-electron chi connectivity index (χ0n) is 15.0. The standard InChI is InChI=1S/C21H23NO5/c22-19(23)13-7-12-18(20(24)26-14-16-8-3-1-4-9-16)21(25)27-15-17-10-5-2-6-11-17/h1-6,8-11,18H,7,12-15H2,(H2,22,23). The summed E-state index contributed by atoms with van der Waals surface area (Å²) in [6, 6.07) is 18.3. The number of nitrogens with two attached hydrogens (primary N) is 1. The van der Waals surface area contributed by atoms with Crippen molar-refractivity contribution in [1.29, 1.82) is 0 Å². The molecule has 6 heteroatoms. The maximum absolute atomic E-state index is 12.4. The number of benzene rings is 2. The Morgan fingerprint density at radius 3 is 1.63 bits per heavy atom. The molecule has 0 saturated carbocycles. The van der Waals surface area contributed by atoms with Crippen LogP contribution in [0.1, 0.15) is 30.4 Å². The summed E-state index contributed by atoms with van der Waals surface area (Å²) in [6.07, 6.45) is 0.541. The summed E-state index contributed by atoms with van der Waals surface area (Å²) < 4.78 is 10.5. The number of amides is 1. The zero-order valence-corrected chi connectivity index (χ0v) is 15.0. The Kier molecular flexibility index (Phi) is 8.03. The number of carbonyl (C=O) groups is 3. The summed E-state index contributed by atoms with van der Waals surface area (Å²) in [5.74, 6) is -2.90. The molecule has 0 spiro atoms. The SMILES string of the molecule is NC(=O)CCCC(C(=O)OCc1ccccc1)C(=O)OCc1ccccc1. The maximum Gasteiger partial charge on any atom is 0.320 e. The van der Waals surface area contributed by atoms with Gasteiger partial charge in [-0.1, -0.05) is 60.7 Å². The van der Waals surface area contributed by atoms with Crippen LogP contribution in [0, 0.1) is 5.92 Å². The Labute approximate surface area is 158 Å². The summed E-state index contributed by atoms with van der Waals surface area (Å²) in [5.41, 5.74) is 6.77. The van der Waals surface area contributed by atoms with Crippen LogP contribution in [0.5, 0.6) is 0 Å². The summed E-state index contributed by atoms with van der Waals surface area (Å²) >= 11 is 0. The molecule has 0 fully saturated rings. The molecule has 0 aliphatic heterocycles.